The maximum Gasteiger partial charge on any atom is 0.213 e. The second-order valence-corrected chi connectivity index (χ2v) is 7.72. The molecular formula is C25H27FN6O2. The molecule has 9 heteroatoms. The molecule has 0 aliphatic carbocycles. The molecule has 0 amide bonds. The maximum atomic E-state index is 15.4. The molecule has 3 heterocycles. The molecule has 0 unspecified atom stereocenters. The van der Waals surface area contributed by atoms with Crippen molar-refractivity contribution in [3.8, 4) is 5.75 Å². The Morgan fingerprint density at radius 2 is 2.18 bits per heavy atom. The smallest absolute Gasteiger partial charge is 0.213 e. The van der Waals surface area contributed by atoms with Crippen LogP contribution in [0.1, 0.15) is 30.9 Å². The molecule has 1 aliphatic rings. The van der Waals surface area contributed by atoms with Crippen LogP contribution in [0, 0.1) is 5.82 Å². The van der Waals surface area contributed by atoms with Gasteiger partial charge in [-0.15, -0.1) is 0 Å². The number of benzene rings is 1. The number of anilines is 1. The number of aromatic nitrogens is 3. The third kappa shape index (κ3) is 4.98. The van der Waals surface area contributed by atoms with Crippen molar-refractivity contribution in [2.24, 2.45) is 17.0 Å². The van der Waals surface area contributed by atoms with Gasteiger partial charge in [-0.1, -0.05) is 13.0 Å². The Balaban J connectivity index is 1.72. The first-order valence-electron chi connectivity index (χ1n) is 11.0. The number of methoxy groups -OCH3 is 1. The minimum absolute atomic E-state index is 0.161. The normalized spacial score (nSPS) is 15.7. The number of oxazole rings is 1. The predicted octanol–water partition coefficient (Wildman–Crippen LogP) is 4.60. The Bertz CT molecular complexity index is 1270. The molecule has 1 aliphatic heterocycles. The Labute approximate surface area is 197 Å². The van der Waals surface area contributed by atoms with E-state index in [9.17, 15) is 0 Å². The van der Waals surface area contributed by atoms with E-state index >= 15 is 4.39 Å². The first-order valence-corrected chi connectivity index (χ1v) is 11.0. The number of halogens is 1. The topological polar surface area (TPSA) is 81.0 Å². The molecule has 8 nitrogen and oxygen atoms in total. The largest absolute Gasteiger partial charge is 0.497 e. The molecule has 34 heavy (non-hydrogen) atoms. The molecule has 1 aromatic carbocycles. The second-order valence-electron chi connectivity index (χ2n) is 7.72. The van der Waals surface area contributed by atoms with E-state index in [1.165, 1.54) is 6.26 Å². The Kier molecular flexibility index (Phi) is 7.01. The Morgan fingerprint density at radius 1 is 1.32 bits per heavy atom. The van der Waals surface area contributed by atoms with E-state index in [2.05, 4.69) is 15.1 Å². The molecular weight excluding hydrogens is 435 g/mol. The van der Waals surface area contributed by atoms with Crippen molar-refractivity contribution in [2.45, 2.75) is 26.8 Å². The highest BCUT2D eigenvalue weighted by molar-refractivity contribution is 6.25. The fourth-order valence-electron chi connectivity index (χ4n) is 3.65. The fourth-order valence-corrected chi connectivity index (χ4v) is 3.65. The molecule has 0 saturated carbocycles. The SMILES string of the molecule is C/C=C1/N=CC(c2cnn(C)c2)=C/C1=N/CN(Cc1ncco1)c1cc(OC)cc(CC)c1F. The summed E-state index contributed by atoms with van der Waals surface area (Å²) in [6, 6.07) is 3.38. The summed E-state index contributed by atoms with van der Waals surface area (Å²) < 4.78 is 28.0. The monoisotopic (exact) mass is 462 g/mol. The number of hydrogen-bond donors (Lipinski definition) is 0. The van der Waals surface area contributed by atoms with Crippen molar-refractivity contribution < 1.29 is 13.5 Å². The summed E-state index contributed by atoms with van der Waals surface area (Å²) >= 11 is 0. The Hall–Kier alpha value is -4.01. The maximum absolute atomic E-state index is 15.4. The lowest BCUT2D eigenvalue weighted by Gasteiger charge is -2.24. The van der Waals surface area contributed by atoms with Gasteiger partial charge in [0.15, 0.2) is 0 Å². The highest BCUT2D eigenvalue weighted by Gasteiger charge is 2.19. The fraction of sp³-hybridized carbons (Fsp3) is 0.280. The van der Waals surface area contributed by atoms with Gasteiger partial charge in [0.1, 0.15) is 24.5 Å². The Morgan fingerprint density at radius 3 is 2.82 bits per heavy atom. The average molecular weight is 463 g/mol. The number of ether oxygens (including phenoxy) is 1. The summed E-state index contributed by atoms with van der Waals surface area (Å²) in [4.78, 5) is 15.3. The van der Waals surface area contributed by atoms with E-state index in [1.807, 2.05) is 39.2 Å². The van der Waals surface area contributed by atoms with Gasteiger partial charge in [-0.25, -0.2) is 9.37 Å². The number of hydrogen-bond acceptors (Lipinski definition) is 7. The third-order valence-electron chi connectivity index (χ3n) is 5.49. The van der Waals surface area contributed by atoms with E-state index < -0.39 is 0 Å². The highest BCUT2D eigenvalue weighted by Crippen LogP contribution is 2.30. The van der Waals surface area contributed by atoms with Gasteiger partial charge in [-0.3, -0.25) is 14.7 Å². The summed E-state index contributed by atoms with van der Waals surface area (Å²) in [6.45, 7) is 4.22. The molecule has 0 spiro atoms. The van der Waals surface area contributed by atoms with Gasteiger partial charge in [-0.05, 0) is 31.1 Å². The first kappa shape index (κ1) is 23.2. The standard InChI is InChI=1S/C25H27FN6O2/c1-5-17-9-20(33-4)11-23(25(17)26)32(15-24-27-7-8-34-24)16-29-22-10-18(12-28-21(22)6-2)19-13-30-31(3)14-19/h6-14H,5,15-16H2,1-4H3/b21-6+,29-22-. The number of nitrogens with zero attached hydrogens (tertiary/aromatic N) is 6. The van der Waals surface area contributed by atoms with E-state index in [0.717, 1.165) is 16.8 Å². The number of aliphatic imine (C=N–C) groups is 2. The zero-order chi connectivity index (χ0) is 24.1. The summed E-state index contributed by atoms with van der Waals surface area (Å²) in [5, 5.41) is 4.23. The van der Waals surface area contributed by atoms with Gasteiger partial charge >= 0.3 is 0 Å². The van der Waals surface area contributed by atoms with Gasteiger partial charge < -0.3 is 14.1 Å². The average Bonchev–Trinajstić information content (AvgIpc) is 3.53. The van der Waals surface area contributed by atoms with E-state index in [1.54, 1.807) is 47.4 Å². The van der Waals surface area contributed by atoms with Crippen molar-refractivity contribution in [1.29, 1.82) is 0 Å². The van der Waals surface area contributed by atoms with Crippen LogP contribution in [0.4, 0.5) is 10.1 Å². The molecule has 0 fully saturated rings. The molecule has 2 aromatic heterocycles. The highest BCUT2D eigenvalue weighted by atomic mass is 19.1. The van der Waals surface area contributed by atoms with Crippen LogP contribution in [-0.4, -0.2) is 40.5 Å². The predicted molar refractivity (Wildman–Crippen MR) is 131 cm³/mol. The van der Waals surface area contributed by atoms with Crippen LogP contribution in [0.25, 0.3) is 5.57 Å². The number of dihydropyridines is 1. The quantitative estimate of drug-likeness (QED) is 0.489. The van der Waals surface area contributed by atoms with Crippen molar-refractivity contribution in [1.82, 2.24) is 14.8 Å². The van der Waals surface area contributed by atoms with Crippen molar-refractivity contribution in [2.75, 3.05) is 18.7 Å². The number of rotatable bonds is 8. The van der Waals surface area contributed by atoms with Gasteiger partial charge in [-0.2, -0.15) is 5.10 Å². The van der Waals surface area contributed by atoms with Crippen molar-refractivity contribution in [3.63, 3.8) is 0 Å². The van der Waals surface area contributed by atoms with Gasteiger partial charge in [0, 0.05) is 36.7 Å². The lowest BCUT2D eigenvalue weighted by Crippen LogP contribution is -2.25. The molecule has 0 saturated heterocycles. The van der Waals surface area contributed by atoms with Gasteiger partial charge in [0.2, 0.25) is 5.89 Å². The summed E-state index contributed by atoms with van der Waals surface area (Å²) in [6.07, 6.45) is 12.9. The molecule has 0 bridgehead atoms. The minimum atomic E-state index is -0.311. The van der Waals surface area contributed by atoms with Gasteiger partial charge in [0.25, 0.3) is 0 Å². The minimum Gasteiger partial charge on any atom is -0.497 e. The van der Waals surface area contributed by atoms with Crippen LogP contribution in [0.3, 0.4) is 0 Å². The summed E-state index contributed by atoms with van der Waals surface area (Å²) in [5.41, 5.74) is 4.21. The van der Waals surface area contributed by atoms with Crippen LogP contribution < -0.4 is 9.64 Å². The van der Waals surface area contributed by atoms with Crippen molar-refractivity contribution >= 4 is 23.2 Å². The van der Waals surface area contributed by atoms with Crippen molar-refractivity contribution in [3.05, 3.63) is 77.7 Å². The number of allylic oxidation sites excluding steroid dienone is 3. The molecule has 0 radical (unpaired) electrons. The van der Waals surface area contributed by atoms with Crippen LogP contribution in [0.5, 0.6) is 5.75 Å². The van der Waals surface area contributed by atoms with E-state index in [4.69, 9.17) is 14.1 Å². The van der Waals surface area contributed by atoms with E-state index in [-0.39, 0.29) is 19.0 Å². The van der Waals surface area contributed by atoms with Gasteiger partial charge in [0.05, 0.1) is 43.1 Å². The molecule has 0 N–H and O–H groups in total. The summed E-state index contributed by atoms with van der Waals surface area (Å²) in [7, 11) is 3.43. The first-order chi connectivity index (χ1) is 16.5. The van der Waals surface area contributed by atoms with E-state index in [0.29, 0.717) is 35.0 Å². The lowest BCUT2D eigenvalue weighted by molar-refractivity contribution is 0.412. The molecule has 176 valence electrons. The zero-order valence-electron chi connectivity index (χ0n) is 19.7. The van der Waals surface area contributed by atoms with Crippen LogP contribution in [0.2, 0.25) is 0 Å². The zero-order valence-corrected chi connectivity index (χ0v) is 19.7. The third-order valence-corrected chi connectivity index (χ3v) is 5.49. The van der Waals surface area contributed by atoms with Crippen LogP contribution >= 0.6 is 0 Å². The second kappa shape index (κ2) is 10.3. The molecule has 3 aromatic rings. The van der Waals surface area contributed by atoms with Crippen LogP contribution in [-0.2, 0) is 20.0 Å². The molecule has 0 atom stereocenters. The summed E-state index contributed by atoms with van der Waals surface area (Å²) in [5.74, 6) is 0.725. The number of aryl methyl sites for hydroxylation is 2. The van der Waals surface area contributed by atoms with Crippen LogP contribution in [0.15, 0.2) is 69.2 Å². The molecule has 4 rings (SSSR count). The lowest BCUT2D eigenvalue weighted by atomic mass is 10.1.